The van der Waals surface area contributed by atoms with Gasteiger partial charge >= 0.3 is 0 Å². The maximum Gasteiger partial charge on any atom is 0.189 e. The highest BCUT2D eigenvalue weighted by Crippen LogP contribution is 2.21. The fourth-order valence-electron chi connectivity index (χ4n) is 2.02. The highest BCUT2D eigenvalue weighted by molar-refractivity contribution is 6.08. The SMILES string of the molecule is COc1cccc(/C=C/C(=O)c2cc(C)ccc2OC)c1. The second-order valence-electron chi connectivity index (χ2n) is 4.68. The maximum absolute atomic E-state index is 12.3. The van der Waals surface area contributed by atoms with E-state index in [4.69, 9.17) is 9.47 Å². The minimum Gasteiger partial charge on any atom is -0.497 e. The van der Waals surface area contributed by atoms with Gasteiger partial charge in [-0.1, -0.05) is 29.8 Å². The van der Waals surface area contributed by atoms with Crippen molar-refractivity contribution in [1.29, 1.82) is 0 Å². The molecule has 0 aliphatic heterocycles. The molecule has 0 aliphatic carbocycles. The fraction of sp³-hybridized carbons (Fsp3) is 0.167. The van der Waals surface area contributed by atoms with E-state index in [1.165, 1.54) is 0 Å². The fourth-order valence-corrected chi connectivity index (χ4v) is 2.02. The molecule has 0 unspecified atom stereocenters. The molecular formula is C18H18O3. The van der Waals surface area contributed by atoms with E-state index in [2.05, 4.69) is 0 Å². The van der Waals surface area contributed by atoms with E-state index < -0.39 is 0 Å². The van der Waals surface area contributed by atoms with Gasteiger partial charge in [-0.2, -0.15) is 0 Å². The Morgan fingerprint density at radius 1 is 1.05 bits per heavy atom. The van der Waals surface area contributed by atoms with Gasteiger partial charge in [0.15, 0.2) is 5.78 Å². The number of ketones is 1. The molecule has 3 nitrogen and oxygen atoms in total. The standard InChI is InChI=1S/C18H18O3/c1-13-7-10-18(21-3)16(11-13)17(19)9-8-14-5-4-6-15(12-14)20-2/h4-12H,1-3H3/b9-8+. The minimum atomic E-state index is -0.0848. The average molecular weight is 282 g/mol. The number of hydrogen-bond donors (Lipinski definition) is 0. The molecule has 2 rings (SSSR count). The van der Waals surface area contributed by atoms with Crippen LogP contribution >= 0.6 is 0 Å². The summed E-state index contributed by atoms with van der Waals surface area (Å²) in [6, 6.07) is 13.1. The summed E-state index contributed by atoms with van der Waals surface area (Å²) in [6.07, 6.45) is 3.32. The first kappa shape index (κ1) is 14.9. The molecule has 0 heterocycles. The lowest BCUT2D eigenvalue weighted by molar-refractivity contribution is 0.104. The summed E-state index contributed by atoms with van der Waals surface area (Å²) in [5, 5.41) is 0. The molecule has 0 amide bonds. The number of carbonyl (C=O) groups excluding carboxylic acids is 1. The number of benzene rings is 2. The quantitative estimate of drug-likeness (QED) is 0.616. The van der Waals surface area contributed by atoms with E-state index in [0.29, 0.717) is 11.3 Å². The van der Waals surface area contributed by atoms with Crippen LogP contribution < -0.4 is 9.47 Å². The zero-order valence-corrected chi connectivity index (χ0v) is 12.4. The van der Waals surface area contributed by atoms with Gasteiger partial charge in [-0.15, -0.1) is 0 Å². The van der Waals surface area contributed by atoms with Crippen molar-refractivity contribution >= 4 is 11.9 Å². The lowest BCUT2D eigenvalue weighted by Crippen LogP contribution is -1.99. The zero-order valence-electron chi connectivity index (χ0n) is 12.4. The average Bonchev–Trinajstić information content (AvgIpc) is 2.52. The van der Waals surface area contributed by atoms with E-state index in [-0.39, 0.29) is 5.78 Å². The van der Waals surface area contributed by atoms with Gasteiger partial charge in [0.05, 0.1) is 19.8 Å². The molecule has 2 aromatic rings. The molecule has 0 N–H and O–H groups in total. The van der Waals surface area contributed by atoms with E-state index >= 15 is 0 Å². The minimum absolute atomic E-state index is 0.0848. The second kappa shape index (κ2) is 6.75. The molecular weight excluding hydrogens is 264 g/mol. The van der Waals surface area contributed by atoms with Crippen molar-refractivity contribution in [1.82, 2.24) is 0 Å². The summed E-state index contributed by atoms with van der Waals surface area (Å²) in [5.74, 6) is 1.26. The summed E-state index contributed by atoms with van der Waals surface area (Å²) in [7, 11) is 3.18. The summed E-state index contributed by atoms with van der Waals surface area (Å²) in [5.41, 5.74) is 2.50. The predicted octanol–water partition coefficient (Wildman–Crippen LogP) is 3.91. The van der Waals surface area contributed by atoms with Crippen LogP contribution in [0.25, 0.3) is 6.08 Å². The molecule has 0 atom stereocenters. The number of aryl methyl sites for hydroxylation is 1. The first-order chi connectivity index (χ1) is 10.1. The van der Waals surface area contributed by atoms with Gasteiger partial charge in [-0.3, -0.25) is 4.79 Å². The zero-order chi connectivity index (χ0) is 15.2. The van der Waals surface area contributed by atoms with E-state index in [1.54, 1.807) is 26.4 Å². The van der Waals surface area contributed by atoms with Crippen molar-refractivity contribution in [2.45, 2.75) is 6.92 Å². The Hall–Kier alpha value is -2.55. The molecule has 0 bridgehead atoms. The van der Waals surface area contributed by atoms with E-state index in [9.17, 15) is 4.79 Å². The highest BCUT2D eigenvalue weighted by atomic mass is 16.5. The lowest BCUT2D eigenvalue weighted by Gasteiger charge is -2.06. The molecule has 2 aromatic carbocycles. The van der Waals surface area contributed by atoms with Gasteiger partial charge in [0.25, 0.3) is 0 Å². The van der Waals surface area contributed by atoms with Crippen molar-refractivity contribution in [3.8, 4) is 11.5 Å². The van der Waals surface area contributed by atoms with Crippen molar-refractivity contribution in [2.24, 2.45) is 0 Å². The highest BCUT2D eigenvalue weighted by Gasteiger charge is 2.09. The molecule has 0 aliphatic rings. The number of hydrogen-bond acceptors (Lipinski definition) is 3. The van der Waals surface area contributed by atoms with Gasteiger partial charge in [0, 0.05) is 0 Å². The first-order valence-electron chi connectivity index (χ1n) is 6.65. The molecule has 108 valence electrons. The smallest absolute Gasteiger partial charge is 0.189 e. The Morgan fingerprint density at radius 2 is 1.86 bits per heavy atom. The number of carbonyl (C=O) groups is 1. The summed E-state index contributed by atoms with van der Waals surface area (Å²) >= 11 is 0. The Kier molecular flexibility index (Phi) is 4.77. The van der Waals surface area contributed by atoms with Crippen LogP contribution in [0.1, 0.15) is 21.5 Å². The largest absolute Gasteiger partial charge is 0.497 e. The van der Waals surface area contributed by atoms with Gasteiger partial charge in [0.1, 0.15) is 11.5 Å². The number of allylic oxidation sites excluding steroid dienone is 1. The van der Waals surface area contributed by atoms with Crippen LogP contribution in [0.2, 0.25) is 0 Å². The molecule has 0 saturated carbocycles. The summed E-state index contributed by atoms with van der Waals surface area (Å²) in [4.78, 5) is 12.3. The Bertz CT molecular complexity index is 672. The maximum atomic E-state index is 12.3. The van der Waals surface area contributed by atoms with Gasteiger partial charge < -0.3 is 9.47 Å². The molecule has 0 aromatic heterocycles. The van der Waals surface area contributed by atoms with Crippen LogP contribution in [-0.2, 0) is 0 Å². The van der Waals surface area contributed by atoms with Crippen molar-refractivity contribution in [3.05, 3.63) is 65.2 Å². The molecule has 0 radical (unpaired) electrons. The summed E-state index contributed by atoms with van der Waals surface area (Å²) < 4.78 is 10.4. The van der Waals surface area contributed by atoms with Crippen LogP contribution in [0.5, 0.6) is 11.5 Å². The third-order valence-electron chi connectivity index (χ3n) is 3.14. The van der Waals surface area contributed by atoms with Crippen molar-refractivity contribution < 1.29 is 14.3 Å². The molecule has 3 heteroatoms. The molecule has 0 saturated heterocycles. The third kappa shape index (κ3) is 3.72. The Labute approximate surface area is 124 Å². The van der Waals surface area contributed by atoms with Crippen LogP contribution in [0.3, 0.4) is 0 Å². The molecule has 0 spiro atoms. The van der Waals surface area contributed by atoms with E-state index in [1.807, 2.05) is 49.4 Å². The topological polar surface area (TPSA) is 35.5 Å². The van der Waals surface area contributed by atoms with Crippen molar-refractivity contribution in [3.63, 3.8) is 0 Å². The Morgan fingerprint density at radius 3 is 2.57 bits per heavy atom. The lowest BCUT2D eigenvalue weighted by atomic mass is 10.1. The van der Waals surface area contributed by atoms with Crippen LogP contribution in [0, 0.1) is 6.92 Å². The molecule has 21 heavy (non-hydrogen) atoms. The van der Waals surface area contributed by atoms with Crippen LogP contribution in [-0.4, -0.2) is 20.0 Å². The first-order valence-corrected chi connectivity index (χ1v) is 6.65. The predicted molar refractivity (Wildman–Crippen MR) is 84.1 cm³/mol. The second-order valence-corrected chi connectivity index (χ2v) is 4.68. The summed E-state index contributed by atoms with van der Waals surface area (Å²) in [6.45, 7) is 1.95. The number of methoxy groups -OCH3 is 2. The number of ether oxygens (including phenoxy) is 2. The van der Waals surface area contributed by atoms with Gasteiger partial charge in [0.2, 0.25) is 0 Å². The normalized spacial score (nSPS) is 10.6. The van der Waals surface area contributed by atoms with Gasteiger partial charge in [-0.05, 0) is 42.8 Å². The molecule has 0 fully saturated rings. The van der Waals surface area contributed by atoms with Gasteiger partial charge in [-0.25, -0.2) is 0 Å². The third-order valence-corrected chi connectivity index (χ3v) is 3.14. The number of rotatable bonds is 5. The van der Waals surface area contributed by atoms with Crippen LogP contribution in [0.4, 0.5) is 0 Å². The monoisotopic (exact) mass is 282 g/mol. The van der Waals surface area contributed by atoms with Crippen molar-refractivity contribution in [2.75, 3.05) is 14.2 Å². The Balaban J connectivity index is 2.24. The van der Waals surface area contributed by atoms with E-state index in [0.717, 1.165) is 16.9 Å². The van der Waals surface area contributed by atoms with Crippen LogP contribution in [0.15, 0.2) is 48.5 Å².